The molecule has 0 saturated carbocycles. The topological polar surface area (TPSA) is 153 Å². The van der Waals surface area contributed by atoms with Gasteiger partial charge < -0.3 is 40.3 Å². The molecule has 0 radical (unpaired) electrons. The van der Waals surface area contributed by atoms with Crippen LogP contribution in [0.3, 0.4) is 0 Å². The van der Waals surface area contributed by atoms with E-state index < -0.39 is 34.8 Å². The molecule has 1 atom stereocenters. The van der Waals surface area contributed by atoms with Crippen molar-refractivity contribution in [3.8, 4) is 11.3 Å². The van der Waals surface area contributed by atoms with Gasteiger partial charge in [-0.3, -0.25) is 19.2 Å². The van der Waals surface area contributed by atoms with Crippen molar-refractivity contribution < 1.29 is 33.1 Å². The Hall–Kier alpha value is -5.40. The number of aromatic nitrogens is 1. The van der Waals surface area contributed by atoms with E-state index in [0.717, 1.165) is 47.3 Å². The zero-order valence-electron chi connectivity index (χ0n) is 34.0. The summed E-state index contributed by atoms with van der Waals surface area (Å²) >= 11 is 0. The van der Waals surface area contributed by atoms with Crippen LogP contribution in [0, 0.1) is 5.82 Å². The largest absolute Gasteiger partial charge is 0.379 e. The fraction of sp³-hybridized carbons (Fsp3) is 0.432. The molecule has 5 rings (SSSR count). The SMILES string of the molecule is CNC(=O)C(CCC=O)N(C)C(=O)c1cccc(NC(C)(C)CCOC(C)(C)CCN(C)Cc2ccc(-c3[nH]c4cc(F)cc5c4c3CCNC5=O)cc2)c1C=O. The van der Waals surface area contributed by atoms with Gasteiger partial charge in [0.15, 0.2) is 6.29 Å². The Labute approximate surface area is 333 Å². The Bertz CT molecular complexity index is 2110. The molecule has 3 amide bonds. The van der Waals surface area contributed by atoms with E-state index in [1.54, 1.807) is 18.2 Å². The number of aldehydes is 2. The molecule has 0 aliphatic carbocycles. The molecule has 304 valence electrons. The minimum atomic E-state index is -0.863. The lowest BCUT2D eigenvalue weighted by Crippen LogP contribution is -2.47. The van der Waals surface area contributed by atoms with Crippen LogP contribution in [0.15, 0.2) is 54.6 Å². The van der Waals surface area contributed by atoms with Crippen LogP contribution in [0.2, 0.25) is 0 Å². The molecular weight excluding hydrogens is 728 g/mol. The van der Waals surface area contributed by atoms with Crippen molar-refractivity contribution in [3.63, 3.8) is 0 Å². The summed E-state index contributed by atoms with van der Waals surface area (Å²) in [6.45, 7) is 10.6. The van der Waals surface area contributed by atoms with Crippen molar-refractivity contribution in [2.45, 2.75) is 83.5 Å². The first kappa shape index (κ1) is 42.7. The lowest BCUT2D eigenvalue weighted by Gasteiger charge is -2.32. The third kappa shape index (κ3) is 10.3. The molecular formula is C44H55FN6O6. The van der Waals surface area contributed by atoms with E-state index in [9.17, 15) is 28.4 Å². The minimum absolute atomic E-state index is 0.113. The molecule has 2 heterocycles. The predicted molar refractivity (Wildman–Crippen MR) is 220 cm³/mol. The van der Waals surface area contributed by atoms with Crippen LogP contribution in [0.1, 0.15) is 95.6 Å². The van der Waals surface area contributed by atoms with Gasteiger partial charge in [-0.05, 0) is 101 Å². The smallest absolute Gasteiger partial charge is 0.255 e. The van der Waals surface area contributed by atoms with E-state index in [0.29, 0.717) is 55.3 Å². The molecule has 4 N–H and O–H groups in total. The summed E-state index contributed by atoms with van der Waals surface area (Å²) < 4.78 is 20.7. The number of benzene rings is 3. The van der Waals surface area contributed by atoms with Gasteiger partial charge in [-0.15, -0.1) is 0 Å². The summed E-state index contributed by atoms with van der Waals surface area (Å²) in [5.41, 5.74) is 4.97. The summed E-state index contributed by atoms with van der Waals surface area (Å²) in [5, 5.41) is 9.62. The average Bonchev–Trinajstić information content (AvgIpc) is 3.44. The van der Waals surface area contributed by atoms with Crippen molar-refractivity contribution in [2.75, 3.05) is 46.2 Å². The Morgan fingerprint density at radius 3 is 2.46 bits per heavy atom. The summed E-state index contributed by atoms with van der Waals surface area (Å²) in [7, 11) is 5.04. The van der Waals surface area contributed by atoms with Gasteiger partial charge in [-0.2, -0.15) is 0 Å². The van der Waals surface area contributed by atoms with Gasteiger partial charge in [0, 0.05) is 74.6 Å². The van der Waals surface area contributed by atoms with E-state index in [1.165, 1.54) is 31.1 Å². The van der Waals surface area contributed by atoms with Gasteiger partial charge >= 0.3 is 0 Å². The summed E-state index contributed by atoms with van der Waals surface area (Å²) in [5.74, 6) is -1.59. The highest BCUT2D eigenvalue weighted by Gasteiger charge is 2.30. The standard InChI is InChI=1S/C44H55FN6O6/c1-43(2,49-35-11-8-10-31(34(35)27-53)42(56)51(7)37(12-9-22-52)41(55)46-5)19-23-57-44(3,4)18-21-50(6)26-28-13-15-29(16-14-28)39-32-17-20-47-40(54)33-24-30(45)25-36(48-39)38(32)33/h8,10-11,13-16,22,24-25,27,37,48-49H,9,12,17-21,23,26H2,1-7H3,(H,46,55)(H,47,54). The van der Waals surface area contributed by atoms with Crippen molar-refractivity contribution >= 4 is 46.9 Å². The third-order valence-corrected chi connectivity index (χ3v) is 10.7. The first-order chi connectivity index (χ1) is 27.1. The monoisotopic (exact) mass is 782 g/mol. The van der Waals surface area contributed by atoms with Crippen LogP contribution in [0.5, 0.6) is 0 Å². The number of amides is 3. The maximum absolute atomic E-state index is 14.3. The highest BCUT2D eigenvalue weighted by molar-refractivity contribution is 6.10. The van der Waals surface area contributed by atoms with Crippen molar-refractivity contribution in [1.82, 2.24) is 25.4 Å². The number of rotatable bonds is 19. The highest BCUT2D eigenvalue weighted by Crippen LogP contribution is 2.35. The van der Waals surface area contributed by atoms with Crippen molar-refractivity contribution in [3.05, 3.63) is 88.2 Å². The number of likely N-dealkylation sites (N-methyl/N-ethyl adjacent to an activating group) is 2. The van der Waals surface area contributed by atoms with Gasteiger partial charge in [0.05, 0.1) is 22.3 Å². The molecule has 1 aliphatic heterocycles. The number of carbonyl (C=O) groups is 5. The second kappa shape index (κ2) is 18.2. The third-order valence-electron chi connectivity index (χ3n) is 10.7. The first-order valence-corrected chi connectivity index (χ1v) is 19.4. The number of nitrogens with one attached hydrogen (secondary N) is 4. The van der Waals surface area contributed by atoms with Crippen LogP contribution < -0.4 is 16.0 Å². The molecule has 13 heteroatoms. The number of H-pyrrole nitrogens is 1. The zero-order chi connectivity index (χ0) is 41.5. The van der Waals surface area contributed by atoms with Crippen LogP contribution in [-0.4, -0.2) is 103 Å². The molecule has 0 spiro atoms. The Morgan fingerprint density at radius 1 is 1.04 bits per heavy atom. The molecule has 57 heavy (non-hydrogen) atoms. The lowest BCUT2D eigenvalue weighted by molar-refractivity contribution is -0.125. The Kier molecular flexibility index (Phi) is 13.7. The van der Waals surface area contributed by atoms with Gasteiger partial charge in [0.2, 0.25) is 5.91 Å². The average molecular weight is 783 g/mol. The zero-order valence-corrected chi connectivity index (χ0v) is 34.0. The summed E-state index contributed by atoms with van der Waals surface area (Å²) in [4.78, 5) is 68.9. The number of aromatic amines is 1. The summed E-state index contributed by atoms with van der Waals surface area (Å²) in [6, 6.07) is 15.2. The van der Waals surface area contributed by atoms with Crippen LogP contribution >= 0.6 is 0 Å². The van der Waals surface area contributed by atoms with E-state index in [1.807, 2.05) is 13.8 Å². The normalized spacial score (nSPS) is 13.5. The number of nitrogens with zero attached hydrogens (tertiary/aromatic N) is 2. The number of hydrogen-bond acceptors (Lipinski definition) is 8. The van der Waals surface area contributed by atoms with Crippen LogP contribution in [-0.2, 0) is 27.3 Å². The molecule has 1 aromatic heterocycles. The number of ether oxygens (including phenoxy) is 1. The first-order valence-electron chi connectivity index (χ1n) is 19.4. The highest BCUT2D eigenvalue weighted by atomic mass is 19.1. The number of carbonyl (C=O) groups excluding carboxylic acids is 5. The number of halogens is 1. The Balaban J connectivity index is 1.14. The maximum Gasteiger partial charge on any atom is 0.255 e. The van der Waals surface area contributed by atoms with E-state index >= 15 is 0 Å². The van der Waals surface area contributed by atoms with Crippen molar-refractivity contribution in [1.29, 1.82) is 0 Å². The molecule has 3 aromatic carbocycles. The minimum Gasteiger partial charge on any atom is -0.379 e. The fourth-order valence-corrected chi connectivity index (χ4v) is 7.36. The molecule has 1 aliphatic rings. The molecule has 0 saturated heterocycles. The van der Waals surface area contributed by atoms with Crippen molar-refractivity contribution in [2.24, 2.45) is 0 Å². The molecule has 4 aromatic rings. The van der Waals surface area contributed by atoms with Crippen LogP contribution in [0.25, 0.3) is 22.2 Å². The molecule has 1 unspecified atom stereocenters. The Morgan fingerprint density at radius 2 is 1.77 bits per heavy atom. The predicted octanol–water partition coefficient (Wildman–Crippen LogP) is 6.14. The van der Waals surface area contributed by atoms with E-state index in [2.05, 4.69) is 71.0 Å². The number of anilines is 1. The lowest BCUT2D eigenvalue weighted by atomic mass is 9.97. The van der Waals surface area contributed by atoms with E-state index in [4.69, 9.17) is 4.74 Å². The quantitative estimate of drug-likeness (QED) is 0.0829. The van der Waals surface area contributed by atoms with Gasteiger partial charge in [-0.25, -0.2) is 4.39 Å². The van der Waals surface area contributed by atoms with Gasteiger partial charge in [0.25, 0.3) is 11.8 Å². The maximum atomic E-state index is 14.3. The second-order valence-corrected chi connectivity index (χ2v) is 16.1. The van der Waals surface area contributed by atoms with Crippen LogP contribution in [0.4, 0.5) is 10.1 Å². The molecule has 0 fully saturated rings. The number of hydrogen-bond donors (Lipinski definition) is 4. The fourth-order valence-electron chi connectivity index (χ4n) is 7.36. The van der Waals surface area contributed by atoms with Gasteiger partial charge in [0.1, 0.15) is 18.1 Å². The van der Waals surface area contributed by atoms with Gasteiger partial charge in [-0.1, -0.05) is 30.3 Å². The second-order valence-electron chi connectivity index (χ2n) is 16.1. The summed E-state index contributed by atoms with van der Waals surface area (Å²) in [6.07, 6.45) is 3.68. The molecule has 12 nitrogen and oxygen atoms in total. The molecule has 0 bridgehead atoms. The van der Waals surface area contributed by atoms with E-state index in [-0.39, 0.29) is 29.9 Å².